The van der Waals surface area contributed by atoms with Gasteiger partial charge in [-0.25, -0.2) is 5.43 Å². The lowest BCUT2D eigenvalue weighted by molar-refractivity contribution is -0.123. The molecule has 2 amide bonds. The predicted octanol–water partition coefficient (Wildman–Crippen LogP) is 4.95. The molecule has 0 aliphatic heterocycles. The molecule has 0 aliphatic rings. The number of hydrazone groups is 1. The lowest BCUT2D eigenvalue weighted by Gasteiger charge is -2.19. The van der Waals surface area contributed by atoms with E-state index < -0.39 is 17.9 Å². The summed E-state index contributed by atoms with van der Waals surface area (Å²) in [6, 6.07) is 10.8. The van der Waals surface area contributed by atoms with Gasteiger partial charge in [0.2, 0.25) is 0 Å². The quantitative estimate of drug-likeness (QED) is 0.347. The van der Waals surface area contributed by atoms with Crippen LogP contribution in [-0.2, 0) is 4.79 Å². The monoisotopic (exact) mass is 538 g/mol. The fourth-order valence-corrected chi connectivity index (χ4v) is 3.69. The minimum Gasteiger partial charge on any atom is -0.478 e. The van der Waals surface area contributed by atoms with Gasteiger partial charge < -0.3 is 10.1 Å². The van der Waals surface area contributed by atoms with Crippen molar-refractivity contribution in [2.24, 2.45) is 11.0 Å². The number of nitriles is 1. The number of hydrogen-bond acceptors (Lipinski definition) is 5. The fraction of sp³-hybridized carbons (Fsp3) is 0.273. The van der Waals surface area contributed by atoms with E-state index in [0.717, 1.165) is 0 Å². The van der Waals surface area contributed by atoms with E-state index >= 15 is 0 Å². The molecule has 2 aromatic rings. The van der Waals surface area contributed by atoms with Crippen molar-refractivity contribution in [1.82, 2.24) is 10.7 Å². The minimum atomic E-state index is -0.806. The Balaban J connectivity index is 2.05. The van der Waals surface area contributed by atoms with Crippen molar-refractivity contribution in [3.63, 3.8) is 0 Å². The van der Waals surface area contributed by atoms with Crippen molar-refractivity contribution in [2.45, 2.75) is 26.3 Å². The first-order chi connectivity index (χ1) is 15.2. The highest BCUT2D eigenvalue weighted by atomic mass is 79.9. The van der Waals surface area contributed by atoms with Crippen LogP contribution in [0.15, 0.2) is 46.0 Å². The van der Waals surface area contributed by atoms with Crippen LogP contribution in [0.25, 0.3) is 0 Å². The van der Waals surface area contributed by atoms with Gasteiger partial charge in [0, 0.05) is 5.02 Å². The third kappa shape index (κ3) is 7.83. The van der Waals surface area contributed by atoms with E-state index in [0.29, 0.717) is 27.2 Å². The van der Waals surface area contributed by atoms with Crippen LogP contribution in [0.3, 0.4) is 0 Å². The maximum absolute atomic E-state index is 12.7. The molecule has 0 fully saturated rings. The van der Waals surface area contributed by atoms with E-state index in [9.17, 15) is 9.59 Å². The number of benzene rings is 2. The van der Waals surface area contributed by atoms with Crippen LogP contribution in [-0.4, -0.2) is 30.7 Å². The minimum absolute atomic E-state index is 0.0632. The summed E-state index contributed by atoms with van der Waals surface area (Å²) in [5.74, 6) is -0.268. The molecule has 0 saturated heterocycles. The first-order valence-electron chi connectivity index (χ1n) is 9.59. The summed E-state index contributed by atoms with van der Waals surface area (Å²) in [5.41, 5.74) is 3.38. The normalized spacial score (nSPS) is 11.8. The van der Waals surface area contributed by atoms with Crippen LogP contribution in [0.1, 0.15) is 36.2 Å². The number of hydrogen-bond donors (Lipinski definition) is 2. The lowest BCUT2D eigenvalue weighted by atomic mass is 10.0. The van der Waals surface area contributed by atoms with Crippen molar-refractivity contribution in [1.29, 1.82) is 5.26 Å². The number of nitrogens with one attached hydrogen (secondary N) is 2. The molecule has 0 spiro atoms. The molecule has 1 atom stereocenters. The van der Waals surface area contributed by atoms with E-state index in [1.807, 2.05) is 19.9 Å². The molecule has 7 nitrogen and oxygen atoms in total. The molecule has 0 unspecified atom stereocenters. The average molecular weight is 540 g/mol. The summed E-state index contributed by atoms with van der Waals surface area (Å²) in [6.07, 6.45) is 1.87. The first kappa shape index (κ1) is 25.7. The molecule has 2 aromatic carbocycles. The zero-order chi connectivity index (χ0) is 23.7. The average Bonchev–Trinajstić information content (AvgIpc) is 2.72. The van der Waals surface area contributed by atoms with Crippen LogP contribution in [0.5, 0.6) is 5.75 Å². The van der Waals surface area contributed by atoms with Crippen molar-refractivity contribution < 1.29 is 14.3 Å². The third-order valence-electron chi connectivity index (χ3n) is 4.14. The Morgan fingerprint density at radius 1 is 1.25 bits per heavy atom. The molecule has 0 bridgehead atoms. The summed E-state index contributed by atoms with van der Waals surface area (Å²) in [4.78, 5) is 25.3. The molecular formula is C22H21BrCl2N4O3. The van der Waals surface area contributed by atoms with Gasteiger partial charge in [0.15, 0.2) is 6.61 Å². The zero-order valence-corrected chi connectivity index (χ0v) is 20.5. The molecule has 10 heteroatoms. The molecule has 2 N–H and O–H groups in total. The van der Waals surface area contributed by atoms with E-state index in [4.69, 9.17) is 33.2 Å². The van der Waals surface area contributed by atoms with Crippen molar-refractivity contribution in [2.75, 3.05) is 6.61 Å². The molecule has 32 heavy (non-hydrogen) atoms. The summed E-state index contributed by atoms with van der Waals surface area (Å²) in [6.45, 7) is 3.82. The van der Waals surface area contributed by atoms with Gasteiger partial charge in [-0.1, -0.05) is 37.0 Å². The van der Waals surface area contributed by atoms with Crippen molar-refractivity contribution >= 4 is 57.2 Å². The molecule has 0 radical (unpaired) electrons. The highest BCUT2D eigenvalue weighted by Crippen LogP contribution is 2.25. The number of rotatable bonds is 9. The number of nitrogens with zero attached hydrogens (tertiary/aromatic N) is 2. The Morgan fingerprint density at radius 3 is 2.62 bits per heavy atom. The molecule has 2 rings (SSSR count). The van der Waals surface area contributed by atoms with Gasteiger partial charge >= 0.3 is 0 Å². The van der Waals surface area contributed by atoms with Crippen LogP contribution in [0, 0.1) is 17.2 Å². The van der Waals surface area contributed by atoms with Crippen LogP contribution < -0.4 is 15.5 Å². The first-order valence-corrected chi connectivity index (χ1v) is 11.1. The molecular weight excluding hydrogens is 519 g/mol. The van der Waals surface area contributed by atoms with Gasteiger partial charge in [-0.05, 0) is 70.2 Å². The van der Waals surface area contributed by atoms with E-state index in [1.54, 1.807) is 24.3 Å². The van der Waals surface area contributed by atoms with Gasteiger partial charge in [0.1, 0.15) is 17.9 Å². The van der Waals surface area contributed by atoms with Crippen LogP contribution in [0.4, 0.5) is 0 Å². The maximum atomic E-state index is 12.7. The maximum Gasteiger partial charge on any atom is 0.262 e. The summed E-state index contributed by atoms with van der Waals surface area (Å²) < 4.78 is 5.91. The largest absolute Gasteiger partial charge is 0.478 e. The number of carbonyl (C=O) groups excluding carboxylic acids is 2. The SMILES string of the molecule is CC(C)C[C@H](NC(=O)c1ccc(Cl)cc1Cl)C(=O)N/N=C\c1ccc(OCC#N)c(Br)c1. The van der Waals surface area contributed by atoms with E-state index in [1.165, 1.54) is 18.3 Å². The topological polar surface area (TPSA) is 104 Å². The number of halogens is 3. The number of ether oxygens (including phenoxy) is 1. The predicted molar refractivity (Wildman–Crippen MR) is 128 cm³/mol. The van der Waals surface area contributed by atoms with Crippen molar-refractivity contribution in [3.05, 3.63) is 62.0 Å². The highest BCUT2D eigenvalue weighted by molar-refractivity contribution is 9.10. The highest BCUT2D eigenvalue weighted by Gasteiger charge is 2.23. The second-order valence-corrected chi connectivity index (χ2v) is 8.85. The van der Waals surface area contributed by atoms with Gasteiger partial charge in [-0.2, -0.15) is 10.4 Å². The van der Waals surface area contributed by atoms with E-state index in [2.05, 4.69) is 31.8 Å². The van der Waals surface area contributed by atoms with Crippen LogP contribution in [0.2, 0.25) is 10.0 Å². The third-order valence-corrected chi connectivity index (χ3v) is 5.31. The molecule has 0 aliphatic carbocycles. The number of amides is 2. The van der Waals surface area contributed by atoms with Gasteiger partial charge in [-0.15, -0.1) is 0 Å². The Bertz CT molecular complexity index is 1050. The standard InChI is InChI=1S/C22H21BrCl2N4O3/c1-13(2)9-19(28-21(30)16-5-4-15(24)11-18(16)25)22(31)29-27-12-14-3-6-20(17(23)10-14)32-8-7-26/h3-6,10-13,19H,8-9H2,1-2H3,(H,28,30)(H,29,31)/b27-12-/t19-/m0/s1. The number of carbonyl (C=O) groups is 2. The van der Waals surface area contributed by atoms with Crippen LogP contribution >= 0.6 is 39.1 Å². The molecule has 0 aromatic heterocycles. The molecule has 0 heterocycles. The second kappa shape index (κ2) is 12.4. The Hall–Kier alpha value is -2.60. The van der Waals surface area contributed by atoms with Gasteiger partial charge in [0.05, 0.1) is 21.3 Å². The fourth-order valence-electron chi connectivity index (χ4n) is 2.69. The lowest BCUT2D eigenvalue weighted by Crippen LogP contribution is -2.46. The zero-order valence-electron chi connectivity index (χ0n) is 17.4. The Morgan fingerprint density at radius 2 is 2.00 bits per heavy atom. The molecule has 168 valence electrons. The Labute approximate surface area is 204 Å². The smallest absolute Gasteiger partial charge is 0.262 e. The Kier molecular flexibility index (Phi) is 9.97. The van der Waals surface area contributed by atoms with Gasteiger partial charge in [-0.3, -0.25) is 9.59 Å². The summed E-state index contributed by atoms with van der Waals surface area (Å²) in [5, 5.41) is 15.9. The van der Waals surface area contributed by atoms with E-state index in [-0.39, 0.29) is 23.1 Å². The summed E-state index contributed by atoms with van der Waals surface area (Å²) >= 11 is 15.3. The second-order valence-electron chi connectivity index (χ2n) is 7.15. The van der Waals surface area contributed by atoms with Gasteiger partial charge in [0.25, 0.3) is 11.8 Å². The summed E-state index contributed by atoms with van der Waals surface area (Å²) in [7, 11) is 0. The molecule has 0 saturated carbocycles. The van der Waals surface area contributed by atoms with Crippen molar-refractivity contribution in [3.8, 4) is 11.8 Å².